The molecule has 1 unspecified atom stereocenters. The molecule has 3 amide bonds. The summed E-state index contributed by atoms with van der Waals surface area (Å²) in [6, 6.07) is 12.7. The first-order valence-electron chi connectivity index (χ1n) is 14.8. The van der Waals surface area contributed by atoms with Gasteiger partial charge in [-0.1, -0.05) is 41.9 Å². The van der Waals surface area contributed by atoms with Crippen molar-refractivity contribution in [3.63, 3.8) is 0 Å². The highest BCUT2D eigenvalue weighted by Gasteiger charge is 2.55. The standard InChI is InChI=1S/C31H33ClF3N5O5/c1-44-22-8-7-21(32)26-27(22)40(12-9-25(41)39-16-15-38-17-23(31(33,34)35)36-24(38)18-39)28(42)30(26)10-13-37(14-11-30)29(43)45-19-20-5-3-2-4-6-20/h2-8,24H,9-19H2,1H3. The van der Waals surface area contributed by atoms with E-state index in [4.69, 9.17) is 21.1 Å². The maximum absolute atomic E-state index is 14.2. The van der Waals surface area contributed by atoms with Crippen LogP contribution in [0.25, 0.3) is 0 Å². The lowest BCUT2D eigenvalue weighted by Crippen LogP contribution is -2.53. The van der Waals surface area contributed by atoms with Crippen LogP contribution in [0.4, 0.5) is 23.7 Å². The number of piperazine rings is 1. The van der Waals surface area contributed by atoms with Crippen LogP contribution in [0.15, 0.2) is 47.5 Å². The predicted molar refractivity (Wildman–Crippen MR) is 160 cm³/mol. The second kappa shape index (κ2) is 12.2. The van der Waals surface area contributed by atoms with Crippen LogP contribution >= 0.6 is 11.6 Å². The number of ether oxygens (including phenoxy) is 2. The lowest BCUT2D eigenvalue weighted by molar-refractivity contribution is -0.133. The van der Waals surface area contributed by atoms with Gasteiger partial charge in [-0.3, -0.25) is 19.5 Å². The van der Waals surface area contributed by atoms with Gasteiger partial charge in [0.2, 0.25) is 11.8 Å². The largest absolute Gasteiger partial charge is 0.495 e. The monoisotopic (exact) mass is 647 g/mol. The summed E-state index contributed by atoms with van der Waals surface area (Å²) < 4.78 is 50.7. The molecule has 240 valence electrons. The summed E-state index contributed by atoms with van der Waals surface area (Å²) in [5.41, 5.74) is 0.145. The highest BCUT2D eigenvalue weighted by molar-refractivity contribution is 6.33. The van der Waals surface area contributed by atoms with Crippen molar-refractivity contribution >= 4 is 40.9 Å². The normalized spacial score (nSPS) is 21.1. The summed E-state index contributed by atoms with van der Waals surface area (Å²) >= 11 is 6.74. The van der Waals surface area contributed by atoms with Crippen molar-refractivity contribution in [3.05, 3.63) is 58.6 Å². The van der Waals surface area contributed by atoms with Gasteiger partial charge in [0.15, 0.2) is 0 Å². The van der Waals surface area contributed by atoms with Crippen molar-refractivity contribution in [1.82, 2.24) is 14.7 Å². The minimum Gasteiger partial charge on any atom is -0.495 e. The lowest BCUT2D eigenvalue weighted by atomic mass is 9.73. The molecular formula is C31H33ClF3N5O5. The van der Waals surface area contributed by atoms with E-state index >= 15 is 0 Å². The van der Waals surface area contributed by atoms with E-state index in [1.165, 1.54) is 16.9 Å². The molecule has 0 N–H and O–H groups in total. The van der Waals surface area contributed by atoms with Crippen molar-refractivity contribution in [3.8, 4) is 5.75 Å². The van der Waals surface area contributed by atoms with Crippen LogP contribution in [-0.2, 0) is 26.3 Å². The lowest BCUT2D eigenvalue weighted by Gasteiger charge is -2.38. The third-order valence-electron chi connectivity index (χ3n) is 9.14. The summed E-state index contributed by atoms with van der Waals surface area (Å²) in [4.78, 5) is 50.4. The average molecular weight is 648 g/mol. The number of alkyl halides is 3. The average Bonchev–Trinajstić information content (AvgIpc) is 3.58. The molecule has 2 aromatic carbocycles. The van der Waals surface area contributed by atoms with E-state index in [0.29, 0.717) is 34.9 Å². The van der Waals surface area contributed by atoms with Crippen LogP contribution in [0.1, 0.15) is 30.4 Å². The number of likely N-dealkylation sites (tertiary alicyclic amines) is 1. The first-order chi connectivity index (χ1) is 21.5. The van der Waals surface area contributed by atoms with Crippen LogP contribution in [0.5, 0.6) is 5.75 Å². The number of carbonyl (C=O) groups excluding carboxylic acids is 3. The van der Waals surface area contributed by atoms with Gasteiger partial charge in [-0.2, -0.15) is 13.2 Å². The Bertz CT molecular complexity index is 1510. The van der Waals surface area contributed by atoms with Gasteiger partial charge in [0.1, 0.15) is 24.2 Å². The minimum absolute atomic E-state index is 0.0356. The minimum atomic E-state index is -4.50. The molecule has 1 spiro atoms. The molecule has 1 atom stereocenters. The SMILES string of the molecule is COc1ccc(Cl)c2c1N(CCC(=O)N1CCN3CC(C(F)(F)F)=NC3C1)C(=O)C21CCN(C(=O)OCc2ccccc2)CC1. The number of hydrogen-bond acceptors (Lipinski definition) is 7. The number of amides is 3. The zero-order chi connectivity index (χ0) is 31.9. The Morgan fingerprint density at radius 3 is 2.47 bits per heavy atom. The molecule has 10 nitrogen and oxygen atoms in total. The molecule has 0 saturated carbocycles. The summed E-state index contributed by atoms with van der Waals surface area (Å²) in [5.74, 6) is -0.0722. The molecule has 0 radical (unpaired) electrons. The number of nitrogens with zero attached hydrogens (tertiary/aromatic N) is 5. The number of methoxy groups -OCH3 is 1. The van der Waals surface area contributed by atoms with Crippen molar-refractivity contribution in [2.75, 3.05) is 57.8 Å². The van der Waals surface area contributed by atoms with E-state index < -0.39 is 29.6 Å². The molecule has 2 saturated heterocycles. The Morgan fingerprint density at radius 1 is 1.04 bits per heavy atom. The first kappa shape index (κ1) is 31.2. The zero-order valence-electron chi connectivity index (χ0n) is 24.7. The van der Waals surface area contributed by atoms with Gasteiger partial charge in [-0.05, 0) is 30.5 Å². The van der Waals surface area contributed by atoms with Crippen LogP contribution in [0, 0.1) is 0 Å². The summed E-state index contributed by atoms with van der Waals surface area (Å²) in [5, 5.41) is 0.392. The molecule has 4 heterocycles. The van der Waals surface area contributed by atoms with Gasteiger partial charge in [0.25, 0.3) is 0 Å². The van der Waals surface area contributed by atoms with Gasteiger partial charge >= 0.3 is 12.3 Å². The third kappa shape index (κ3) is 5.83. The smallest absolute Gasteiger partial charge is 0.430 e. The Hall–Kier alpha value is -3.84. The van der Waals surface area contributed by atoms with E-state index in [2.05, 4.69) is 4.99 Å². The molecule has 0 bridgehead atoms. The van der Waals surface area contributed by atoms with Gasteiger partial charge < -0.3 is 24.2 Å². The Morgan fingerprint density at radius 2 is 1.78 bits per heavy atom. The maximum atomic E-state index is 14.2. The fourth-order valence-electron chi connectivity index (χ4n) is 6.74. The maximum Gasteiger partial charge on any atom is 0.430 e. The van der Waals surface area contributed by atoms with Crippen LogP contribution in [0.2, 0.25) is 5.02 Å². The van der Waals surface area contributed by atoms with Crippen LogP contribution in [0.3, 0.4) is 0 Å². The molecule has 45 heavy (non-hydrogen) atoms. The highest BCUT2D eigenvalue weighted by Crippen LogP contribution is 2.54. The number of piperidine rings is 1. The molecular weight excluding hydrogens is 615 g/mol. The summed E-state index contributed by atoms with van der Waals surface area (Å²) in [7, 11) is 1.49. The fourth-order valence-corrected chi connectivity index (χ4v) is 7.07. The molecule has 2 aromatic rings. The van der Waals surface area contributed by atoms with Crippen molar-refractivity contribution in [1.29, 1.82) is 0 Å². The molecule has 0 aliphatic carbocycles. The second-order valence-corrected chi connectivity index (χ2v) is 12.1. The number of fused-ring (bicyclic) bond motifs is 3. The van der Waals surface area contributed by atoms with Gasteiger partial charge in [0, 0.05) is 56.3 Å². The van der Waals surface area contributed by atoms with E-state index in [0.717, 1.165) is 5.56 Å². The number of benzene rings is 2. The zero-order valence-corrected chi connectivity index (χ0v) is 25.4. The number of anilines is 1. The summed E-state index contributed by atoms with van der Waals surface area (Å²) in [6.45, 7) is 1.04. The second-order valence-electron chi connectivity index (χ2n) is 11.7. The van der Waals surface area contributed by atoms with E-state index in [1.807, 2.05) is 30.3 Å². The molecule has 4 aliphatic heterocycles. The number of aliphatic imine (C=N–C) groups is 1. The number of rotatable bonds is 6. The first-order valence-corrected chi connectivity index (χ1v) is 15.2. The van der Waals surface area contributed by atoms with Crippen molar-refractivity contribution in [2.45, 2.75) is 43.6 Å². The number of hydrogen-bond donors (Lipinski definition) is 0. The Labute approximate surface area is 263 Å². The van der Waals surface area contributed by atoms with Crippen molar-refractivity contribution in [2.24, 2.45) is 4.99 Å². The molecule has 2 fully saturated rings. The van der Waals surface area contributed by atoms with Crippen LogP contribution < -0.4 is 9.64 Å². The van der Waals surface area contributed by atoms with Gasteiger partial charge in [-0.15, -0.1) is 0 Å². The molecule has 14 heteroatoms. The topological polar surface area (TPSA) is 95.0 Å². The summed E-state index contributed by atoms with van der Waals surface area (Å²) in [6.07, 6.45) is -5.13. The molecule has 6 rings (SSSR count). The van der Waals surface area contributed by atoms with E-state index in [1.54, 1.807) is 21.9 Å². The molecule has 4 aliphatic rings. The quantitative estimate of drug-likeness (QED) is 0.466. The number of carbonyl (C=O) groups is 3. The highest BCUT2D eigenvalue weighted by atomic mass is 35.5. The van der Waals surface area contributed by atoms with E-state index in [-0.39, 0.29) is 70.7 Å². The van der Waals surface area contributed by atoms with Crippen molar-refractivity contribution < 1.29 is 37.0 Å². The fraction of sp³-hybridized carbons (Fsp3) is 0.484. The third-order valence-corrected chi connectivity index (χ3v) is 9.46. The Kier molecular flexibility index (Phi) is 8.42. The van der Waals surface area contributed by atoms with Gasteiger partial charge in [-0.25, -0.2) is 4.79 Å². The Balaban J connectivity index is 1.15. The van der Waals surface area contributed by atoms with Crippen LogP contribution in [-0.4, -0.2) is 104 Å². The van der Waals surface area contributed by atoms with E-state index in [9.17, 15) is 27.6 Å². The number of halogens is 4. The molecule has 0 aromatic heterocycles. The van der Waals surface area contributed by atoms with Gasteiger partial charge in [0.05, 0.1) is 24.8 Å². The predicted octanol–water partition coefficient (Wildman–Crippen LogP) is 4.24.